The van der Waals surface area contributed by atoms with E-state index in [-0.39, 0.29) is 38.1 Å². The highest BCUT2D eigenvalue weighted by atomic mass is 19.4. The van der Waals surface area contributed by atoms with Crippen LogP contribution in [0.2, 0.25) is 0 Å². The molecule has 0 radical (unpaired) electrons. The van der Waals surface area contributed by atoms with Gasteiger partial charge in [-0.3, -0.25) is 4.79 Å². The number of alkyl halides is 3. The maximum atomic E-state index is 13.4. The minimum Gasteiger partial charge on any atom is -0.490 e. The molecule has 0 unspecified atom stereocenters. The molecule has 198 valence electrons. The van der Waals surface area contributed by atoms with Crippen LogP contribution in [0.25, 0.3) is 5.65 Å². The van der Waals surface area contributed by atoms with Gasteiger partial charge in [-0.05, 0) is 50.3 Å². The Hall–Kier alpha value is -3.38. The molecule has 0 aliphatic carbocycles. The Kier molecular flexibility index (Phi) is 6.06. The van der Waals surface area contributed by atoms with Crippen molar-refractivity contribution in [2.24, 2.45) is 5.92 Å². The largest absolute Gasteiger partial charge is 0.490 e. The normalized spacial score (nSPS) is 22.3. The molecule has 9 nitrogen and oxygen atoms in total. The standard InChI is InChI=1S/C25H28F3N5O4/c1-23(35)12-15-10-18(31-22(34)17-13-30-33-7-3-6-29-21(17)33)19(11-20(15)37-14-23)32-8-4-16(5-9-32)24(2,36)25(26,27)28/h3,6-7,10-11,13,16,35-36H,4-5,8-9,12,14H2,1-2H3,(H,31,34)/t23-,24+/m1/s1. The molecule has 0 saturated carbocycles. The molecular weight excluding hydrogens is 491 g/mol. The number of aromatic nitrogens is 3. The first-order chi connectivity index (χ1) is 17.4. The van der Waals surface area contributed by atoms with E-state index in [0.29, 0.717) is 34.8 Å². The topological polar surface area (TPSA) is 112 Å². The van der Waals surface area contributed by atoms with Gasteiger partial charge in [-0.15, -0.1) is 0 Å². The van der Waals surface area contributed by atoms with Gasteiger partial charge < -0.3 is 25.2 Å². The Morgan fingerprint density at radius 1 is 1.27 bits per heavy atom. The van der Waals surface area contributed by atoms with E-state index in [1.165, 1.54) is 10.7 Å². The third-order valence-electron chi connectivity index (χ3n) is 7.27. The van der Waals surface area contributed by atoms with E-state index in [1.54, 1.807) is 37.5 Å². The number of hydrogen-bond acceptors (Lipinski definition) is 7. The number of halogens is 3. The van der Waals surface area contributed by atoms with Gasteiger partial charge in [-0.1, -0.05) is 0 Å². The Balaban J connectivity index is 1.45. The van der Waals surface area contributed by atoms with Gasteiger partial charge in [0.1, 0.15) is 17.9 Å². The number of carbonyl (C=O) groups is 1. The van der Waals surface area contributed by atoms with E-state index < -0.39 is 29.2 Å². The molecule has 3 N–H and O–H groups in total. The van der Waals surface area contributed by atoms with E-state index in [9.17, 15) is 28.2 Å². The lowest BCUT2D eigenvalue weighted by Gasteiger charge is -2.41. The van der Waals surface area contributed by atoms with Gasteiger partial charge in [0.05, 0.1) is 23.2 Å². The summed E-state index contributed by atoms with van der Waals surface area (Å²) in [7, 11) is 0. The second-order valence-corrected chi connectivity index (χ2v) is 10.2. The Morgan fingerprint density at radius 2 is 2.00 bits per heavy atom. The molecule has 1 amide bonds. The summed E-state index contributed by atoms with van der Waals surface area (Å²) in [5, 5.41) is 27.7. The van der Waals surface area contributed by atoms with Crippen LogP contribution in [0.1, 0.15) is 42.6 Å². The number of ether oxygens (including phenoxy) is 1. The average Bonchev–Trinajstić information content (AvgIpc) is 3.27. The molecule has 4 heterocycles. The molecule has 12 heteroatoms. The van der Waals surface area contributed by atoms with Crippen molar-refractivity contribution < 1.29 is 32.9 Å². The number of nitrogens with zero attached hydrogens (tertiary/aromatic N) is 4. The van der Waals surface area contributed by atoms with Crippen molar-refractivity contribution in [2.45, 2.75) is 50.5 Å². The minimum atomic E-state index is -4.72. The number of carbonyl (C=O) groups excluding carboxylic acids is 1. The highest BCUT2D eigenvalue weighted by molar-refractivity contribution is 6.09. The lowest BCUT2D eigenvalue weighted by molar-refractivity contribution is -0.273. The maximum absolute atomic E-state index is 13.4. The lowest BCUT2D eigenvalue weighted by atomic mass is 9.81. The summed E-state index contributed by atoms with van der Waals surface area (Å²) < 4.78 is 47.4. The van der Waals surface area contributed by atoms with Gasteiger partial charge in [0.15, 0.2) is 11.2 Å². The fourth-order valence-electron chi connectivity index (χ4n) is 5.03. The number of rotatable bonds is 4. The van der Waals surface area contributed by atoms with E-state index in [0.717, 1.165) is 6.92 Å². The lowest BCUT2D eigenvalue weighted by Crippen LogP contribution is -2.52. The molecule has 0 bridgehead atoms. The summed E-state index contributed by atoms with van der Waals surface area (Å²) in [6.07, 6.45) is 0.447. The summed E-state index contributed by atoms with van der Waals surface area (Å²) >= 11 is 0. The zero-order chi connectivity index (χ0) is 26.6. The van der Waals surface area contributed by atoms with Crippen LogP contribution in [0, 0.1) is 5.92 Å². The van der Waals surface area contributed by atoms with Crippen LogP contribution in [0.5, 0.6) is 5.75 Å². The predicted molar refractivity (Wildman–Crippen MR) is 129 cm³/mol. The van der Waals surface area contributed by atoms with Crippen molar-refractivity contribution in [3.63, 3.8) is 0 Å². The first kappa shape index (κ1) is 25.3. The van der Waals surface area contributed by atoms with E-state index in [4.69, 9.17) is 4.74 Å². The highest BCUT2D eigenvalue weighted by Crippen LogP contribution is 2.43. The summed E-state index contributed by atoms with van der Waals surface area (Å²) in [4.78, 5) is 19.3. The van der Waals surface area contributed by atoms with Crippen molar-refractivity contribution >= 4 is 22.9 Å². The highest BCUT2D eigenvalue weighted by Gasteiger charge is 2.55. The molecule has 3 aromatic rings. The van der Waals surface area contributed by atoms with Crippen LogP contribution in [-0.2, 0) is 6.42 Å². The monoisotopic (exact) mass is 519 g/mol. The molecule has 1 fully saturated rings. The molecule has 37 heavy (non-hydrogen) atoms. The van der Waals surface area contributed by atoms with Crippen molar-refractivity contribution in [3.8, 4) is 5.75 Å². The fraction of sp³-hybridized carbons (Fsp3) is 0.480. The van der Waals surface area contributed by atoms with Crippen molar-refractivity contribution in [2.75, 3.05) is 29.9 Å². The quantitative estimate of drug-likeness (QED) is 0.485. The number of anilines is 2. The number of amides is 1. The smallest absolute Gasteiger partial charge is 0.417 e. The molecule has 2 aliphatic heterocycles. The molecule has 2 atom stereocenters. The SMILES string of the molecule is C[C@]1(O)COc2cc(N3CCC([C@](C)(O)C(F)(F)F)CC3)c(NC(=O)c3cnn4cccnc34)cc2C1. The first-order valence-corrected chi connectivity index (χ1v) is 12.0. The molecule has 0 spiro atoms. The second kappa shape index (κ2) is 8.88. The third kappa shape index (κ3) is 4.71. The molecule has 2 aromatic heterocycles. The van der Waals surface area contributed by atoms with Crippen LogP contribution in [-0.4, -0.2) is 67.8 Å². The number of nitrogens with one attached hydrogen (secondary N) is 1. The fourth-order valence-corrected chi connectivity index (χ4v) is 5.03. The molecular formula is C25H28F3N5O4. The summed E-state index contributed by atoms with van der Waals surface area (Å²) in [6.45, 7) is 3.06. The number of benzene rings is 1. The average molecular weight is 520 g/mol. The zero-order valence-electron chi connectivity index (χ0n) is 20.4. The zero-order valence-corrected chi connectivity index (χ0v) is 20.4. The van der Waals surface area contributed by atoms with Gasteiger partial charge >= 0.3 is 6.18 Å². The number of aliphatic hydroxyl groups is 2. The third-order valence-corrected chi connectivity index (χ3v) is 7.27. The van der Waals surface area contributed by atoms with Gasteiger partial charge in [0.2, 0.25) is 0 Å². The Labute approximate surface area is 210 Å². The maximum Gasteiger partial charge on any atom is 0.417 e. The number of piperidine rings is 1. The van der Waals surface area contributed by atoms with E-state index in [2.05, 4.69) is 15.4 Å². The van der Waals surface area contributed by atoms with Gasteiger partial charge in [0, 0.05) is 38.0 Å². The van der Waals surface area contributed by atoms with Gasteiger partial charge in [-0.2, -0.15) is 18.3 Å². The molecule has 1 saturated heterocycles. The van der Waals surface area contributed by atoms with Crippen LogP contribution in [0.4, 0.5) is 24.5 Å². The molecule has 1 aromatic carbocycles. The molecule has 2 aliphatic rings. The summed E-state index contributed by atoms with van der Waals surface area (Å²) in [5.74, 6) is -0.856. The van der Waals surface area contributed by atoms with Crippen molar-refractivity contribution in [3.05, 3.63) is 47.9 Å². The van der Waals surface area contributed by atoms with Gasteiger partial charge in [0.25, 0.3) is 5.91 Å². The van der Waals surface area contributed by atoms with Crippen molar-refractivity contribution in [1.82, 2.24) is 14.6 Å². The number of hydrogen-bond donors (Lipinski definition) is 3. The van der Waals surface area contributed by atoms with Crippen LogP contribution in [0.3, 0.4) is 0 Å². The van der Waals surface area contributed by atoms with Crippen LogP contribution >= 0.6 is 0 Å². The van der Waals surface area contributed by atoms with E-state index >= 15 is 0 Å². The second-order valence-electron chi connectivity index (χ2n) is 10.2. The number of fused-ring (bicyclic) bond motifs is 2. The van der Waals surface area contributed by atoms with E-state index in [1.807, 2.05) is 4.90 Å². The summed E-state index contributed by atoms with van der Waals surface area (Å²) in [6, 6.07) is 5.17. The Bertz CT molecular complexity index is 1330. The Morgan fingerprint density at radius 3 is 2.70 bits per heavy atom. The van der Waals surface area contributed by atoms with Crippen LogP contribution < -0.4 is 15.0 Å². The van der Waals surface area contributed by atoms with Crippen LogP contribution in [0.15, 0.2) is 36.8 Å². The van der Waals surface area contributed by atoms with Gasteiger partial charge in [-0.25, -0.2) is 9.50 Å². The minimum absolute atomic E-state index is 0.0930. The first-order valence-electron chi connectivity index (χ1n) is 12.0. The molecule has 5 rings (SSSR count). The predicted octanol–water partition coefficient (Wildman–Crippen LogP) is 3.20. The summed E-state index contributed by atoms with van der Waals surface area (Å²) in [5.41, 5.74) is -1.51. The van der Waals surface area contributed by atoms with Crippen molar-refractivity contribution in [1.29, 1.82) is 0 Å².